The molecule has 100 valence electrons. The lowest BCUT2D eigenvalue weighted by Gasteiger charge is -2.12. The van der Waals surface area contributed by atoms with Crippen LogP contribution in [0.25, 0.3) is 0 Å². The fraction of sp³-hybridized carbons (Fsp3) is 0.294. The van der Waals surface area contributed by atoms with Crippen molar-refractivity contribution in [1.82, 2.24) is 0 Å². The summed E-state index contributed by atoms with van der Waals surface area (Å²) in [7, 11) is 0. The van der Waals surface area contributed by atoms with Crippen molar-refractivity contribution in [2.45, 2.75) is 32.2 Å². The molecule has 0 fully saturated rings. The molecule has 1 atom stereocenters. The number of halogens is 1. The maximum Gasteiger partial charge on any atom is 0.126 e. The SMILES string of the molecule is Cc1ccc(C(N)CCCc2ccccc2)cc1F. The zero-order chi connectivity index (χ0) is 13.7. The van der Waals surface area contributed by atoms with Crippen molar-refractivity contribution in [3.05, 3.63) is 71.0 Å². The molecule has 2 aromatic carbocycles. The Morgan fingerprint density at radius 2 is 1.84 bits per heavy atom. The Hall–Kier alpha value is -1.67. The number of hydrogen-bond donors (Lipinski definition) is 1. The molecule has 0 aliphatic heterocycles. The van der Waals surface area contributed by atoms with E-state index in [1.54, 1.807) is 19.1 Å². The van der Waals surface area contributed by atoms with Gasteiger partial charge in [-0.2, -0.15) is 0 Å². The van der Waals surface area contributed by atoms with Crippen molar-refractivity contribution in [2.75, 3.05) is 0 Å². The molecule has 0 spiro atoms. The fourth-order valence-corrected chi connectivity index (χ4v) is 2.18. The second-order valence-corrected chi connectivity index (χ2v) is 4.99. The smallest absolute Gasteiger partial charge is 0.126 e. The lowest BCUT2D eigenvalue weighted by atomic mass is 9.99. The Balaban J connectivity index is 1.87. The molecule has 0 bridgehead atoms. The molecule has 0 aliphatic rings. The molecule has 1 unspecified atom stereocenters. The fourth-order valence-electron chi connectivity index (χ4n) is 2.18. The first-order valence-electron chi connectivity index (χ1n) is 6.72. The van der Waals surface area contributed by atoms with E-state index in [9.17, 15) is 4.39 Å². The summed E-state index contributed by atoms with van der Waals surface area (Å²) in [6, 6.07) is 15.5. The number of hydrogen-bond acceptors (Lipinski definition) is 1. The first kappa shape index (κ1) is 13.8. The zero-order valence-corrected chi connectivity index (χ0v) is 11.3. The Morgan fingerprint density at radius 3 is 2.53 bits per heavy atom. The molecule has 0 amide bonds. The topological polar surface area (TPSA) is 26.0 Å². The number of benzene rings is 2. The van der Waals surface area contributed by atoms with E-state index in [1.807, 2.05) is 24.3 Å². The monoisotopic (exact) mass is 257 g/mol. The van der Waals surface area contributed by atoms with Crippen LogP contribution < -0.4 is 5.73 Å². The molecule has 0 radical (unpaired) electrons. The second-order valence-electron chi connectivity index (χ2n) is 4.99. The van der Waals surface area contributed by atoms with Crippen molar-refractivity contribution >= 4 is 0 Å². The van der Waals surface area contributed by atoms with E-state index in [0.29, 0.717) is 5.56 Å². The lowest BCUT2D eigenvalue weighted by Crippen LogP contribution is -2.11. The first-order valence-corrected chi connectivity index (χ1v) is 6.72. The summed E-state index contributed by atoms with van der Waals surface area (Å²) < 4.78 is 13.5. The summed E-state index contributed by atoms with van der Waals surface area (Å²) in [4.78, 5) is 0. The van der Waals surface area contributed by atoms with E-state index in [1.165, 1.54) is 5.56 Å². The summed E-state index contributed by atoms with van der Waals surface area (Å²) in [5, 5.41) is 0. The molecule has 0 aliphatic carbocycles. The van der Waals surface area contributed by atoms with E-state index in [4.69, 9.17) is 5.73 Å². The van der Waals surface area contributed by atoms with Crippen LogP contribution in [-0.4, -0.2) is 0 Å². The molecular formula is C17H20FN. The Morgan fingerprint density at radius 1 is 1.11 bits per heavy atom. The predicted molar refractivity (Wildman–Crippen MR) is 77.4 cm³/mol. The van der Waals surface area contributed by atoms with Crippen molar-refractivity contribution < 1.29 is 4.39 Å². The van der Waals surface area contributed by atoms with Gasteiger partial charge in [-0.15, -0.1) is 0 Å². The van der Waals surface area contributed by atoms with Crippen LogP contribution in [0.1, 0.15) is 35.6 Å². The largest absolute Gasteiger partial charge is 0.324 e. The van der Waals surface area contributed by atoms with Gasteiger partial charge in [0.1, 0.15) is 5.82 Å². The molecule has 1 nitrogen and oxygen atoms in total. The van der Waals surface area contributed by atoms with E-state index >= 15 is 0 Å². The average Bonchev–Trinajstić information content (AvgIpc) is 2.43. The van der Waals surface area contributed by atoms with Gasteiger partial charge in [-0.05, 0) is 48.9 Å². The van der Waals surface area contributed by atoms with Crippen LogP contribution in [0.2, 0.25) is 0 Å². The number of aryl methyl sites for hydroxylation is 2. The van der Waals surface area contributed by atoms with Crippen molar-refractivity contribution in [2.24, 2.45) is 5.73 Å². The number of nitrogens with two attached hydrogens (primary N) is 1. The average molecular weight is 257 g/mol. The summed E-state index contributed by atoms with van der Waals surface area (Å²) >= 11 is 0. The molecule has 0 saturated heterocycles. The van der Waals surface area contributed by atoms with Gasteiger partial charge in [0.15, 0.2) is 0 Å². The van der Waals surface area contributed by atoms with Crippen LogP contribution in [-0.2, 0) is 6.42 Å². The minimum atomic E-state index is -0.170. The van der Waals surface area contributed by atoms with Crippen LogP contribution in [0.3, 0.4) is 0 Å². The highest BCUT2D eigenvalue weighted by atomic mass is 19.1. The van der Waals surface area contributed by atoms with Crippen LogP contribution in [0.15, 0.2) is 48.5 Å². The second kappa shape index (κ2) is 6.48. The molecule has 0 saturated carbocycles. The molecule has 0 heterocycles. The van der Waals surface area contributed by atoms with Crippen LogP contribution >= 0.6 is 0 Å². The minimum absolute atomic E-state index is 0.0844. The third kappa shape index (κ3) is 3.90. The highest BCUT2D eigenvalue weighted by Gasteiger charge is 2.08. The van der Waals surface area contributed by atoms with Gasteiger partial charge in [-0.25, -0.2) is 4.39 Å². The van der Waals surface area contributed by atoms with Gasteiger partial charge in [0.2, 0.25) is 0 Å². The predicted octanol–water partition coefficient (Wildman–Crippen LogP) is 4.16. The van der Waals surface area contributed by atoms with Crippen LogP contribution in [0, 0.1) is 12.7 Å². The minimum Gasteiger partial charge on any atom is -0.324 e. The van der Waals surface area contributed by atoms with Crippen LogP contribution in [0.5, 0.6) is 0 Å². The van der Waals surface area contributed by atoms with Gasteiger partial charge >= 0.3 is 0 Å². The molecule has 2 N–H and O–H groups in total. The third-order valence-electron chi connectivity index (χ3n) is 3.45. The van der Waals surface area contributed by atoms with E-state index in [2.05, 4.69) is 12.1 Å². The normalized spacial score (nSPS) is 12.4. The maximum absolute atomic E-state index is 13.5. The molecule has 0 aromatic heterocycles. The first-order chi connectivity index (χ1) is 9.16. The van der Waals surface area contributed by atoms with Gasteiger partial charge in [0.25, 0.3) is 0 Å². The van der Waals surface area contributed by atoms with Gasteiger partial charge < -0.3 is 5.73 Å². The molecular weight excluding hydrogens is 237 g/mol. The molecule has 2 heteroatoms. The van der Waals surface area contributed by atoms with Crippen molar-refractivity contribution in [3.63, 3.8) is 0 Å². The highest BCUT2D eigenvalue weighted by Crippen LogP contribution is 2.19. The Bertz CT molecular complexity index is 522. The Labute approximate surface area is 114 Å². The summed E-state index contributed by atoms with van der Waals surface area (Å²) in [6.45, 7) is 1.76. The standard InChI is InChI=1S/C17H20FN/c1-13-10-11-15(12-16(13)18)17(19)9-5-8-14-6-3-2-4-7-14/h2-4,6-7,10-12,17H,5,8-9,19H2,1H3. The summed E-state index contributed by atoms with van der Waals surface area (Å²) in [6.07, 6.45) is 2.90. The van der Waals surface area contributed by atoms with E-state index in [0.717, 1.165) is 24.8 Å². The van der Waals surface area contributed by atoms with Gasteiger partial charge in [0.05, 0.1) is 0 Å². The molecule has 2 rings (SSSR count). The van der Waals surface area contributed by atoms with Crippen LogP contribution in [0.4, 0.5) is 4.39 Å². The van der Waals surface area contributed by atoms with Crippen molar-refractivity contribution in [3.8, 4) is 0 Å². The molecule has 2 aromatic rings. The van der Waals surface area contributed by atoms with Gasteiger partial charge in [0, 0.05) is 6.04 Å². The van der Waals surface area contributed by atoms with E-state index < -0.39 is 0 Å². The van der Waals surface area contributed by atoms with Gasteiger partial charge in [-0.1, -0.05) is 42.5 Å². The van der Waals surface area contributed by atoms with E-state index in [-0.39, 0.29) is 11.9 Å². The summed E-state index contributed by atoms with van der Waals surface area (Å²) in [5.74, 6) is -0.170. The van der Waals surface area contributed by atoms with Crippen molar-refractivity contribution in [1.29, 1.82) is 0 Å². The molecule has 19 heavy (non-hydrogen) atoms. The highest BCUT2D eigenvalue weighted by molar-refractivity contribution is 5.25. The zero-order valence-electron chi connectivity index (χ0n) is 11.3. The van der Waals surface area contributed by atoms with Gasteiger partial charge in [-0.3, -0.25) is 0 Å². The Kier molecular flexibility index (Phi) is 4.69. The maximum atomic E-state index is 13.5. The lowest BCUT2D eigenvalue weighted by molar-refractivity contribution is 0.589. The third-order valence-corrected chi connectivity index (χ3v) is 3.45. The number of rotatable bonds is 5. The summed E-state index contributed by atoms with van der Waals surface area (Å²) in [5.41, 5.74) is 8.99. The quantitative estimate of drug-likeness (QED) is 0.855.